The van der Waals surface area contributed by atoms with Crippen LogP contribution in [0.2, 0.25) is 0 Å². The molecule has 0 aliphatic rings. The van der Waals surface area contributed by atoms with Gasteiger partial charge in [0.25, 0.3) is 7.82 Å². The van der Waals surface area contributed by atoms with Crippen LogP contribution >= 0.6 is 7.82 Å². The van der Waals surface area contributed by atoms with Crippen molar-refractivity contribution in [2.45, 2.75) is 238 Å². The molecule has 0 saturated carbocycles. The molecule has 0 bridgehead atoms. The van der Waals surface area contributed by atoms with Gasteiger partial charge >= 0.3 is 11.9 Å². The van der Waals surface area contributed by atoms with Crippen molar-refractivity contribution < 1.29 is 42.1 Å². The van der Waals surface area contributed by atoms with Crippen molar-refractivity contribution in [3.63, 3.8) is 0 Å². The zero-order valence-corrected chi connectivity index (χ0v) is 44.3. The lowest BCUT2D eigenvalue weighted by Crippen LogP contribution is -2.37. The fourth-order valence-electron chi connectivity index (χ4n) is 7.28. The molecule has 0 rings (SSSR count). The number of carbonyl (C=O) groups is 2. The number of hydrogen-bond donors (Lipinski definition) is 0. The zero-order chi connectivity index (χ0) is 48.5. The van der Waals surface area contributed by atoms with Crippen molar-refractivity contribution in [3.8, 4) is 0 Å². The van der Waals surface area contributed by atoms with Crippen LogP contribution in [0.3, 0.4) is 0 Å². The van der Waals surface area contributed by atoms with Crippen molar-refractivity contribution in [3.05, 3.63) is 60.8 Å². The Morgan fingerprint density at radius 3 is 1.24 bits per heavy atom. The highest BCUT2D eigenvalue weighted by Gasteiger charge is 2.21. The first-order valence-electron chi connectivity index (χ1n) is 27.0. The third kappa shape index (κ3) is 51.1. The second-order valence-electron chi connectivity index (χ2n) is 19.2. The molecule has 2 unspecified atom stereocenters. The van der Waals surface area contributed by atoms with E-state index >= 15 is 0 Å². The van der Waals surface area contributed by atoms with Crippen LogP contribution in [0.1, 0.15) is 232 Å². The molecule has 9 nitrogen and oxygen atoms in total. The molecule has 0 aliphatic heterocycles. The zero-order valence-electron chi connectivity index (χ0n) is 43.4. The molecule has 0 aliphatic carbocycles. The lowest BCUT2D eigenvalue weighted by Gasteiger charge is -2.28. The Hall–Kier alpha value is -2.29. The minimum atomic E-state index is -4.64. The first-order chi connectivity index (χ1) is 32.0. The second-order valence-corrected chi connectivity index (χ2v) is 20.6. The van der Waals surface area contributed by atoms with E-state index in [-0.39, 0.29) is 32.0 Å². The highest BCUT2D eigenvalue weighted by molar-refractivity contribution is 7.45. The molecule has 0 aromatic carbocycles. The molecule has 0 radical (unpaired) electrons. The quantitative estimate of drug-likeness (QED) is 0.0195. The molecule has 0 N–H and O–H groups in total. The van der Waals surface area contributed by atoms with Gasteiger partial charge in [0.1, 0.15) is 19.8 Å². The molecule has 66 heavy (non-hydrogen) atoms. The van der Waals surface area contributed by atoms with Crippen LogP contribution in [0, 0.1) is 0 Å². The van der Waals surface area contributed by atoms with Gasteiger partial charge in [-0.2, -0.15) is 0 Å². The van der Waals surface area contributed by atoms with E-state index in [1.54, 1.807) is 0 Å². The summed E-state index contributed by atoms with van der Waals surface area (Å²) in [6.07, 6.45) is 59.6. The van der Waals surface area contributed by atoms with E-state index in [0.29, 0.717) is 17.4 Å². The Balaban J connectivity index is 4.25. The highest BCUT2D eigenvalue weighted by Crippen LogP contribution is 2.38. The maximum absolute atomic E-state index is 12.8. The molecule has 2 atom stereocenters. The largest absolute Gasteiger partial charge is 0.756 e. The van der Waals surface area contributed by atoms with Gasteiger partial charge in [-0.05, 0) is 83.5 Å². The van der Waals surface area contributed by atoms with Crippen LogP contribution in [0.4, 0.5) is 0 Å². The van der Waals surface area contributed by atoms with Crippen LogP contribution < -0.4 is 4.89 Å². The first kappa shape index (κ1) is 63.7. The highest BCUT2D eigenvalue weighted by atomic mass is 31.2. The second kappa shape index (κ2) is 47.8. The van der Waals surface area contributed by atoms with Gasteiger partial charge in [0, 0.05) is 12.8 Å². The van der Waals surface area contributed by atoms with E-state index in [1.165, 1.54) is 122 Å². The molecule has 0 heterocycles. The average molecular weight is 948 g/mol. The van der Waals surface area contributed by atoms with Gasteiger partial charge in [0.2, 0.25) is 0 Å². The lowest BCUT2D eigenvalue weighted by atomic mass is 10.1. The Morgan fingerprint density at radius 1 is 0.470 bits per heavy atom. The minimum absolute atomic E-state index is 0.0351. The number of phosphoric ester groups is 1. The third-order valence-corrected chi connectivity index (χ3v) is 12.5. The Morgan fingerprint density at radius 2 is 0.818 bits per heavy atom. The van der Waals surface area contributed by atoms with Gasteiger partial charge in [-0.1, -0.05) is 197 Å². The third-order valence-electron chi connectivity index (χ3n) is 11.5. The molecular formula is C56H102NO8P. The van der Waals surface area contributed by atoms with Gasteiger partial charge in [0.15, 0.2) is 6.10 Å². The summed E-state index contributed by atoms with van der Waals surface area (Å²) in [5.74, 6) is -0.845. The van der Waals surface area contributed by atoms with Crippen molar-refractivity contribution >= 4 is 19.8 Å². The van der Waals surface area contributed by atoms with Gasteiger partial charge in [-0.3, -0.25) is 14.2 Å². The maximum Gasteiger partial charge on any atom is 0.306 e. The molecule has 0 aromatic rings. The van der Waals surface area contributed by atoms with Crippen molar-refractivity contribution in [2.24, 2.45) is 0 Å². The number of ether oxygens (including phenoxy) is 2. The SMILES string of the molecule is CCCCC/C=C\C/C=C\CCCCCCCCCCCC(=O)OCC(COP(=O)([O-])OCC[N+](C)(C)C)OC(=O)CCCCCCCCCC/C=C\C/C=C\C/C=C\CCCCCCC. The van der Waals surface area contributed by atoms with Gasteiger partial charge < -0.3 is 27.9 Å². The molecule has 384 valence electrons. The number of nitrogens with zero attached hydrogens (tertiary/aromatic N) is 1. The van der Waals surface area contributed by atoms with Crippen LogP contribution in [-0.4, -0.2) is 70.0 Å². The Kier molecular flexibility index (Phi) is 46.1. The molecule has 0 spiro atoms. The van der Waals surface area contributed by atoms with Gasteiger partial charge in [0.05, 0.1) is 27.7 Å². The number of likely N-dealkylation sites (N-methyl/N-ethyl adjacent to an activating group) is 1. The maximum atomic E-state index is 12.8. The smallest absolute Gasteiger partial charge is 0.306 e. The topological polar surface area (TPSA) is 111 Å². The summed E-state index contributed by atoms with van der Waals surface area (Å²) in [5, 5.41) is 0. The summed E-state index contributed by atoms with van der Waals surface area (Å²) in [4.78, 5) is 37.8. The van der Waals surface area contributed by atoms with Gasteiger partial charge in [-0.25, -0.2) is 0 Å². The molecule has 0 fully saturated rings. The van der Waals surface area contributed by atoms with E-state index < -0.39 is 26.5 Å². The van der Waals surface area contributed by atoms with Crippen LogP contribution in [0.5, 0.6) is 0 Å². The minimum Gasteiger partial charge on any atom is -0.756 e. The average Bonchev–Trinajstić information content (AvgIpc) is 3.27. The fraction of sp³-hybridized carbons (Fsp3) is 0.786. The van der Waals surface area contributed by atoms with Crippen molar-refractivity contribution in [2.75, 3.05) is 47.5 Å². The summed E-state index contributed by atoms with van der Waals surface area (Å²) in [7, 11) is 1.15. The predicted molar refractivity (Wildman–Crippen MR) is 277 cm³/mol. The standard InChI is InChI=1S/C56H102NO8P/c1-6-8-10-12-14-16-18-20-22-24-26-27-28-29-31-33-35-37-39-41-43-45-47-49-56(59)65-54(53-64-66(60,61)63-51-50-57(3,4)5)52-62-55(58)48-46-44-42-40-38-36-34-32-30-25-23-21-19-17-15-13-11-9-7-2/h15,17-18,20-21,23-24,26,28-29,54H,6-14,16,19,22,25,27,30-53H2,1-5H3/b17-15-,20-18-,23-21-,26-24-,29-28-. The number of unbranched alkanes of at least 4 members (excludes halogenated alkanes) is 25. The molecule has 0 saturated heterocycles. The molecule has 10 heteroatoms. The van der Waals surface area contributed by atoms with Crippen molar-refractivity contribution in [1.82, 2.24) is 0 Å². The van der Waals surface area contributed by atoms with Crippen molar-refractivity contribution in [1.29, 1.82) is 0 Å². The van der Waals surface area contributed by atoms with E-state index in [0.717, 1.165) is 77.0 Å². The van der Waals surface area contributed by atoms with Crippen LogP contribution in [0.25, 0.3) is 0 Å². The van der Waals surface area contributed by atoms with Crippen LogP contribution in [-0.2, 0) is 32.7 Å². The number of allylic oxidation sites excluding steroid dienone is 10. The first-order valence-corrected chi connectivity index (χ1v) is 28.5. The fourth-order valence-corrected chi connectivity index (χ4v) is 8.01. The lowest BCUT2D eigenvalue weighted by molar-refractivity contribution is -0.870. The number of rotatable bonds is 49. The Bertz CT molecular complexity index is 1300. The number of carbonyl (C=O) groups excluding carboxylic acids is 2. The summed E-state index contributed by atoms with van der Waals surface area (Å²) >= 11 is 0. The Labute approximate surface area is 406 Å². The van der Waals surface area contributed by atoms with E-state index in [2.05, 4.69) is 74.6 Å². The van der Waals surface area contributed by atoms with E-state index in [1.807, 2.05) is 21.1 Å². The number of esters is 2. The summed E-state index contributed by atoms with van der Waals surface area (Å²) in [5.41, 5.74) is 0. The van der Waals surface area contributed by atoms with E-state index in [9.17, 15) is 19.0 Å². The predicted octanol–water partition coefficient (Wildman–Crippen LogP) is 15.7. The number of hydrogen-bond acceptors (Lipinski definition) is 8. The molecule has 0 amide bonds. The molecule has 0 aromatic heterocycles. The number of phosphoric acid groups is 1. The monoisotopic (exact) mass is 948 g/mol. The van der Waals surface area contributed by atoms with E-state index in [4.69, 9.17) is 18.5 Å². The summed E-state index contributed by atoms with van der Waals surface area (Å²) in [6.45, 7) is 4.20. The van der Waals surface area contributed by atoms with Crippen LogP contribution in [0.15, 0.2) is 60.8 Å². The molecular weight excluding hydrogens is 846 g/mol. The summed E-state index contributed by atoms with van der Waals surface area (Å²) < 4.78 is 34.1. The summed E-state index contributed by atoms with van der Waals surface area (Å²) in [6, 6.07) is 0. The normalized spacial score (nSPS) is 13.8. The number of quaternary nitrogens is 1. The van der Waals surface area contributed by atoms with Gasteiger partial charge in [-0.15, -0.1) is 0 Å².